The van der Waals surface area contributed by atoms with Gasteiger partial charge in [0.1, 0.15) is 5.01 Å². The molecule has 3 aromatic heterocycles. The van der Waals surface area contributed by atoms with Crippen molar-refractivity contribution in [2.45, 2.75) is 6.42 Å². The van der Waals surface area contributed by atoms with Crippen LogP contribution in [0.2, 0.25) is 0 Å². The SMILES string of the molecule is O=C(Cc1csc(-c2ccccn2)n1)N1CCN(c2ccncc2)CC1. The van der Waals surface area contributed by atoms with Crippen molar-refractivity contribution in [1.29, 1.82) is 0 Å². The van der Waals surface area contributed by atoms with Gasteiger partial charge in [-0.25, -0.2) is 4.98 Å². The van der Waals surface area contributed by atoms with Crippen LogP contribution in [0.4, 0.5) is 5.69 Å². The van der Waals surface area contributed by atoms with Gasteiger partial charge in [-0.1, -0.05) is 6.07 Å². The highest BCUT2D eigenvalue weighted by Gasteiger charge is 2.22. The topological polar surface area (TPSA) is 62.2 Å². The summed E-state index contributed by atoms with van der Waals surface area (Å²) in [6.07, 6.45) is 5.70. The number of piperazine rings is 1. The van der Waals surface area contributed by atoms with E-state index in [1.165, 1.54) is 11.3 Å². The van der Waals surface area contributed by atoms with Gasteiger partial charge in [-0.2, -0.15) is 0 Å². The van der Waals surface area contributed by atoms with Crippen LogP contribution >= 0.6 is 11.3 Å². The van der Waals surface area contributed by atoms with Gasteiger partial charge in [0, 0.05) is 55.8 Å². The summed E-state index contributed by atoms with van der Waals surface area (Å²) >= 11 is 1.53. The van der Waals surface area contributed by atoms with E-state index in [0.717, 1.165) is 48.3 Å². The van der Waals surface area contributed by atoms with Gasteiger partial charge < -0.3 is 9.80 Å². The predicted molar refractivity (Wildman–Crippen MR) is 102 cm³/mol. The molecule has 1 fully saturated rings. The summed E-state index contributed by atoms with van der Waals surface area (Å²) < 4.78 is 0. The first kappa shape index (κ1) is 16.7. The number of rotatable bonds is 4. The molecule has 6 nitrogen and oxygen atoms in total. The Hall–Kier alpha value is -2.80. The van der Waals surface area contributed by atoms with E-state index in [-0.39, 0.29) is 5.91 Å². The Morgan fingerprint density at radius 1 is 1.04 bits per heavy atom. The van der Waals surface area contributed by atoms with Crippen molar-refractivity contribution in [3.63, 3.8) is 0 Å². The van der Waals surface area contributed by atoms with E-state index in [9.17, 15) is 4.79 Å². The van der Waals surface area contributed by atoms with Crippen molar-refractivity contribution in [3.05, 3.63) is 60.0 Å². The maximum atomic E-state index is 12.6. The summed E-state index contributed by atoms with van der Waals surface area (Å²) in [7, 11) is 0. The van der Waals surface area contributed by atoms with Gasteiger partial charge in [0.15, 0.2) is 0 Å². The highest BCUT2D eigenvalue weighted by Crippen LogP contribution is 2.22. The van der Waals surface area contributed by atoms with Gasteiger partial charge in [0.05, 0.1) is 17.8 Å². The summed E-state index contributed by atoms with van der Waals surface area (Å²) in [5, 5.41) is 2.81. The minimum Gasteiger partial charge on any atom is -0.368 e. The van der Waals surface area contributed by atoms with Crippen LogP contribution in [0.5, 0.6) is 0 Å². The van der Waals surface area contributed by atoms with Crippen LogP contribution in [0, 0.1) is 0 Å². The zero-order valence-corrected chi connectivity index (χ0v) is 15.1. The second kappa shape index (κ2) is 7.61. The van der Waals surface area contributed by atoms with Gasteiger partial charge in [0.25, 0.3) is 0 Å². The molecule has 0 radical (unpaired) electrons. The summed E-state index contributed by atoms with van der Waals surface area (Å²) in [6, 6.07) is 9.77. The Morgan fingerprint density at radius 3 is 2.58 bits per heavy atom. The van der Waals surface area contributed by atoms with Crippen LogP contribution in [0.3, 0.4) is 0 Å². The zero-order valence-electron chi connectivity index (χ0n) is 14.3. The van der Waals surface area contributed by atoms with E-state index in [0.29, 0.717) is 6.42 Å². The van der Waals surface area contributed by atoms with Gasteiger partial charge in [-0.05, 0) is 24.3 Å². The van der Waals surface area contributed by atoms with Crippen molar-refractivity contribution < 1.29 is 4.79 Å². The summed E-state index contributed by atoms with van der Waals surface area (Å²) in [5.41, 5.74) is 2.82. The van der Waals surface area contributed by atoms with Gasteiger partial charge in [-0.15, -0.1) is 11.3 Å². The highest BCUT2D eigenvalue weighted by molar-refractivity contribution is 7.13. The molecule has 3 aromatic rings. The maximum absolute atomic E-state index is 12.6. The molecule has 7 heteroatoms. The average molecular weight is 365 g/mol. The molecule has 0 N–H and O–H groups in total. The highest BCUT2D eigenvalue weighted by atomic mass is 32.1. The van der Waals surface area contributed by atoms with Crippen molar-refractivity contribution in [2.24, 2.45) is 0 Å². The molecule has 0 aromatic carbocycles. The molecule has 4 rings (SSSR count). The first-order valence-corrected chi connectivity index (χ1v) is 9.46. The number of nitrogens with zero attached hydrogens (tertiary/aromatic N) is 5. The molecular formula is C19H19N5OS. The molecule has 4 heterocycles. The number of aromatic nitrogens is 3. The number of hydrogen-bond donors (Lipinski definition) is 0. The first-order chi connectivity index (χ1) is 12.8. The molecule has 0 saturated carbocycles. The molecule has 26 heavy (non-hydrogen) atoms. The number of amides is 1. The molecule has 1 aliphatic rings. The third-order valence-corrected chi connectivity index (χ3v) is 5.34. The number of carbonyl (C=O) groups is 1. The third-order valence-electron chi connectivity index (χ3n) is 4.43. The normalized spacial score (nSPS) is 14.5. The van der Waals surface area contributed by atoms with Crippen LogP contribution in [0.1, 0.15) is 5.69 Å². The lowest BCUT2D eigenvalue weighted by molar-refractivity contribution is -0.130. The number of thiazole rings is 1. The molecule has 0 spiro atoms. The van der Waals surface area contributed by atoms with Crippen molar-refractivity contribution in [3.8, 4) is 10.7 Å². The third kappa shape index (κ3) is 3.72. The Balaban J connectivity index is 1.34. The smallest absolute Gasteiger partial charge is 0.228 e. The lowest BCUT2D eigenvalue weighted by Crippen LogP contribution is -2.49. The van der Waals surface area contributed by atoms with Crippen molar-refractivity contribution >= 4 is 22.9 Å². The molecule has 0 aliphatic carbocycles. The number of pyridine rings is 2. The minimum atomic E-state index is 0.136. The molecule has 1 aliphatic heterocycles. The van der Waals surface area contributed by atoms with Gasteiger partial charge in [-0.3, -0.25) is 14.8 Å². The fourth-order valence-electron chi connectivity index (χ4n) is 3.03. The Morgan fingerprint density at radius 2 is 1.85 bits per heavy atom. The fraction of sp³-hybridized carbons (Fsp3) is 0.263. The summed E-state index contributed by atoms with van der Waals surface area (Å²) in [6.45, 7) is 3.15. The molecule has 132 valence electrons. The quantitative estimate of drug-likeness (QED) is 0.711. The Kier molecular flexibility index (Phi) is 4.88. The van der Waals surface area contributed by atoms with Crippen LogP contribution in [0.25, 0.3) is 10.7 Å². The van der Waals surface area contributed by atoms with E-state index >= 15 is 0 Å². The predicted octanol–water partition coefficient (Wildman–Crippen LogP) is 2.49. The lowest BCUT2D eigenvalue weighted by Gasteiger charge is -2.36. The second-order valence-corrected chi connectivity index (χ2v) is 6.97. The lowest BCUT2D eigenvalue weighted by atomic mass is 10.2. The fourth-order valence-corrected chi connectivity index (χ4v) is 3.83. The summed E-state index contributed by atoms with van der Waals surface area (Å²) in [4.78, 5) is 29.7. The zero-order chi connectivity index (χ0) is 17.8. The minimum absolute atomic E-state index is 0.136. The molecular weight excluding hydrogens is 346 g/mol. The monoisotopic (exact) mass is 365 g/mol. The molecule has 1 saturated heterocycles. The Bertz CT molecular complexity index is 860. The van der Waals surface area contributed by atoms with Crippen LogP contribution < -0.4 is 4.90 Å². The molecule has 1 amide bonds. The number of hydrogen-bond acceptors (Lipinski definition) is 6. The number of anilines is 1. The van der Waals surface area contributed by atoms with Crippen LogP contribution in [0.15, 0.2) is 54.3 Å². The van der Waals surface area contributed by atoms with E-state index in [2.05, 4.69) is 19.9 Å². The first-order valence-electron chi connectivity index (χ1n) is 8.58. The van der Waals surface area contributed by atoms with E-state index in [1.54, 1.807) is 18.6 Å². The Labute approximate surface area is 156 Å². The van der Waals surface area contributed by atoms with E-state index in [1.807, 2.05) is 40.6 Å². The van der Waals surface area contributed by atoms with Gasteiger partial charge in [0.2, 0.25) is 5.91 Å². The van der Waals surface area contributed by atoms with E-state index in [4.69, 9.17) is 0 Å². The summed E-state index contributed by atoms with van der Waals surface area (Å²) in [5.74, 6) is 0.136. The van der Waals surface area contributed by atoms with E-state index < -0.39 is 0 Å². The second-order valence-electron chi connectivity index (χ2n) is 6.11. The average Bonchev–Trinajstić information content (AvgIpc) is 3.18. The largest absolute Gasteiger partial charge is 0.368 e. The standard InChI is InChI=1S/C19H19N5OS/c25-18(13-15-14-26-19(22-15)17-3-1-2-6-21-17)24-11-9-23(10-12-24)16-4-7-20-8-5-16/h1-8,14H,9-13H2. The maximum Gasteiger partial charge on any atom is 0.228 e. The van der Waals surface area contributed by atoms with Crippen molar-refractivity contribution in [1.82, 2.24) is 19.9 Å². The van der Waals surface area contributed by atoms with Crippen LogP contribution in [-0.4, -0.2) is 51.9 Å². The van der Waals surface area contributed by atoms with Gasteiger partial charge >= 0.3 is 0 Å². The number of carbonyl (C=O) groups excluding carboxylic acids is 1. The molecule has 0 atom stereocenters. The van der Waals surface area contributed by atoms with Crippen LogP contribution in [-0.2, 0) is 11.2 Å². The molecule has 0 bridgehead atoms. The van der Waals surface area contributed by atoms with Crippen molar-refractivity contribution in [2.75, 3.05) is 31.1 Å². The molecule has 0 unspecified atom stereocenters.